The molecule has 0 aromatic rings. The molecule has 5 nitrogen and oxygen atoms in total. The molecule has 1 aliphatic carbocycles. The minimum Gasteiger partial charge on any atom is -0.480 e. The summed E-state index contributed by atoms with van der Waals surface area (Å²) in [6.07, 6.45) is 7.82. The van der Waals surface area contributed by atoms with Gasteiger partial charge in [0.25, 0.3) is 0 Å². The molecule has 5 heteroatoms. The maximum Gasteiger partial charge on any atom is 0.326 e. The summed E-state index contributed by atoms with van der Waals surface area (Å²) >= 11 is 0. The van der Waals surface area contributed by atoms with Crippen LogP contribution < -0.4 is 5.32 Å². The van der Waals surface area contributed by atoms with Crippen molar-refractivity contribution < 1.29 is 19.5 Å². The molecule has 1 aliphatic rings. The Bertz CT molecular complexity index is 458. The second kappa shape index (κ2) is 9.48. The summed E-state index contributed by atoms with van der Waals surface area (Å²) in [4.78, 5) is 35.5. The first-order valence-electron chi connectivity index (χ1n) is 8.60. The number of carbonyl (C=O) groups excluding carboxylic acids is 2. The predicted octanol–water partition coefficient (Wildman–Crippen LogP) is 2.94. The zero-order valence-corrected chi connectivity index (χ0v) is 14.4. The second-order valence-corrected chi connectivity index (χ2v) is 6.46. The quantitative estimate of drug-likeness (QED) is 0.639. The van der Waals surface area contributed by atoms with Gasteiger partial charge in [-0.2, -0.15) is 0 Å². The van der Waals surface area contributed by atoms with Crippen LogP contribution in [0.25, 0.3) is 0 Å². The standard InChI is InChI=1S/C18H29NO4/c1-4-6-7-8-14-13(9-10-15(14)20)11-16(21)19-17(18(22)23)12(3)5-2/h6-7,12-14,17H,4-5,8-11H2,1-3H3,(H,19,21)(H,22,23)/b7-6-/t12-,13-,14+,17+/m1/s1. The summed E-state index contributed by atoms with van der Waals surface area (Å²) in [6.45, 7) is 5.76. The molecule has 0 heterocycles. The van der Waals surface area contributed by atoms with E-state index in [9.17, 15) is 19.5 Å². The van der Waals surface area contributed by atoms with Gasteiger partial charge in [-0.3, -0.25) is 9.59 Å². The van der Waals surface area contributed by atoms with E-state index < -0.39 is 12.0 Å². The van der Waals surface area contributed by atoms with E-state index in [0.29, 0.717) is 19.3 Å². The fraction of sp³-hybridized carbons (Fsp3) is 0.722. The Balaban J connectivity index is 2.62. The molecule has 2 N–H and O–H groups in total. The molecular weight excluding hydrogens is 294 g/mol. The second-order valence-electron chi connectivity index (χ2n) is 6.46. The molecule has 0 aromatic heterocycles. The van der Waals surface area contributed by atoms with Crippen LogP contribution in [-0.2, 0) is 14.4 Å². The van der Waals surface area contributed by atoms with Gasteiger partial charge in [0.1, 0.15) is 11.8 Å². The van der Waals surface area contributed by atoms with E-state index in [1.807, 2.05) is 32.9 Å². The van der Waals surface area contributed by atoms with Gasteiger partial charge in [-0.25, -0.2) is 4.79 Å². The lowest BCUT2D eigenvalue weighted by Gasteiger charge is -2.22. The van der Waals surface area contributed by atoms with E-state index in [1.165, 1.54) is 0 Å². The number of nitrogens with one attached hydrogen (secondary N) is 1. The smallest absolute Gasteiger partial charge is 0.326 e. The summed E-state index contributed by atoms with van der Waals surface area (Å²) in [5.41, 5.74) is 0. The van der Waals surface area contributed by atoms with Gasteiger partial charge in [-0.15, -0.1) is 0 Å². The highest BCUT2D eigenvalue weighted by Gasteiger charge is 2.35. The lowest BCUT2D eigenvalue weighted by Crippen LogP contribution is -2.45. The van der Waals surface area contributed by atoms with Crippen molar-refractivity contribution in [2.75, 3.05) is 0 Å². The summed E-state index contributed by atoms with van der Waals surface area (Å²) in [6, 6.07) is -0.858. The summed E-state index contributed by atoms with van der Waals surface area (Å²) in [7, 11) is 0. The normalized spacial score (nSPS) is 23.9. The number of aliphatic carboxylic acids is 1. The van der Waals surface area contributed by atoms with Gasteiger partial charge in [-0.1, -0.05) is 39.3 Å². The highest BCUT2D eigenvalue weighted by atomic mass is 16.4. The number of carboxylic acids is 1. The van der Waals surface area contributed by atoms with E-state index in [-0.39, 0.29) is 35.9 Å². The number of carboxylic acid groups (broad SMARTS) is 1. The van der Waals surface area contributed by atoms with E-state index in [1.54, 1.807) is 0 Å². The Morgan fingerprint density at radius 3 is 2.61 bits per heavy atom. The zero-order chi connectivity index (χ0) is 17.4. The molecule has 0 aliphatic heterocycles. The molecule has 1 saturated carbocycles. The monoisotopic (exact) mass is 323 g/mol. The number of rotatable bonds is 9. The fourth-order valence-corrected chi connectivity index (χ4v) is 3.11. The minimum absolute atomic E-state index is 0.0235. The zero-order valence-electron chi connectivity index (χ0n) is 14.4. The van der Waals surface area contributed by atoms with Crippen molar-refractivity contribution in [1.82, 2.24) is 5.32 Å². The molecule has 0 radical (unpaired) electrons. The van der Waals surface area contributed by atoms with Crippen LogP contribution in [0.4, 0.5) is 0 Å². The van der Waals surface area contributed by atoms with Crippen LogP contribution in [0.15, 0.2) is 12.2 Å². The SMILES string of the molecule is CC/C=C\C[C@@H]1C(=O)CC[C@@H]1CC(=O)N[C@H](C(=O)O)[C@H](C)CC. The maximum absolute atomic E-state index is 12.2. The first-order valence-corrected chi connectivity index (χ1v) is 8.60. The Hall–Kier alpha value is -1.65. The van der Waals surface area contributed by atoms with E-state index in [2.05, 4.69) is 5.32 Å². The Morgan fingerprint density at radius 2 is 2.04 bits per heavy atom. The third-order valence-corrected chi connectivity index (χ3v) is 4.78. The molecule has 0 unspecified atom stereocenters. The largest absolute Gasteiger partial charge is 0.480 e. The van der Waals surface area contributed by atoms with Crippen molar-refractivity contribution in [3.05, 3.63) is 12.2 Å². The van der Waals surface area contributed by atoms with Crippen molar-refractivity contribution in [2.24, 2.45) is 17.8 Å². The Labute approximate surface area is 138 Å². The highest BCUT2D eigenvalue weighted by Crippen LogP contribution is 2.34. The maximum atomic E-state index is 12.2. The van der Waals surface area contributed by atoms with Crippen LogP contribution in [0.5, 0.6) is 0 Å². The Morgan fingerprint density at radius 1 is 1.35 bits per heavy atom. The van der Waals surface area contributed by atoms with Crippen LogP contribution in [0.2, 0.25) is 0 Å². The number of Topliss-reactive ketones (excluding diaryl/α,β-unsaturated/α-hetero) is 1. The molecule has 1 fully saturated rings. The lowest BCUT2D eigenvalue weighted by molar-refractivity contribution is -0.143. The molecule has 4 atom stereocenters. The number of hydrogen-bond acceptors (Lipinski definition) is 3. The van der Waals surface area contributed by atoms with E-state index in [0.717, 1.165) is 12.8 Å². The summed E-state index contributed by atoms with van der Waals surface area (Å²) in [5, 5.41) is 11.9. The lowest BCUT2D eigenvalue weighted by atomic mass is 9.89. The first kappa shape index (κ1) is 19.4. The number of hydrogen-bond donors (Lipinski definition) is 2. The summed E-state index contributed by atoms with van der Waals surface area (Å²) < 4.78 is 0. The molecule has 0 spiro atoms. The van der Waals surface area contributed by atoms with Crippen LogP contribution in [0, 0.1) is 17.8 Å². The molecule has 130 valence electrons. The third kappa shape index (κ3) is 5.81. The molecule has 0 saturated heterocycles. The van der Waals surface area contributed by atoms with Crippen molar-refractivity contribution in [3.63, 3.8) is 0 Å². The fourth-order valence-electron chi connectivity index (χ4n) is 3.11. The van der Waals surface area contributed by atoms with Crippen LogP contribution in [-0.4, -0.2) is 28.8 Å². The highest BCUT2D eigenvalue weighted by molar-refractivity contribution is 5.87. The van der Waals surface area contributed by atoms with Gasteiger partial charge in [0, 0.05) is 18.8 Å². The van der Waals surface area contributed by atoms with Gasteiger partial charge >= 0.3 is 5.97 Å². The molecule has 1 amide bonds. The average Bonchev–Trinajstić information content (AvgIpc) is 2.84. The number of amides is 1. The van der Waals surface area contributed by atoms with Gasteiger partial charge in [0.15, 0.2) is 0 Å². The Kier molecular flexibility index (Phi) is 8.00. The van der Waals surface area contributed by atoms with E-state index >= 15 is 0 Å². The molecular formula is C18H29NO4. The number of carbonyl (C=O) groups is 3. The molecule has 23 heavy (non-hydrogen) atoms. The van der Waals surface area contributed by atoms with Crippen molar-refractivity contribution in [1.29, 1.82) is 0 Å². The van der Waals surface area contributed by atoms with Gasteiger partial charge in [0.2, 0.25) is 5.91 Å². The molecule has 1 rings (SSSR count). The predicted molar refractivity (Wildman–Crippen MR) is 88.9 cm³/mol. The van der Waals surface area contributed by atoms with Crippen molar-refractivity contribution >= 4 is 17.7 Å². The van der Waals surface area contributed by atoms with Crippen LogP contribution >= 0.6 is 0 Å². The topological polar surface area (TPSA) is 83.5 Å². The molecule has 0 aromatic carbocycles. The van der Waals surface area contributed by atoms with Crippen molar-refractivity contribution in [2.45, 2.75) is 65.3 Å². The van der Waals surface area contributed by atoms with Gasteiger partial charge in [0.05, 0.1) is 0 Å². The van der Waals surface area contributed by atoms with E-state index in [4.69, 9.17) is 0 Å². The molecule has 0 bridgehead atoms. The van der Waals surface area contributed by atoms with Gasteiger partial charge < -0.3 is 10.4 Å². The van der Waals surface area contributed by atoms with Crippen LogP contribution in [0.1, 0.15) is 59.3 Å². The van der Waals surface area contributed by atoms with Crippen LogP contribution in [0.3, 0.4) is 0 Å². The number of allylic oxidation sites excluding steroid dienone is 2. The average molecular weight is 323 g/mol. The van der Waals surface area contributed by atoms with Gasteiger partial charge in [-0.05, 0) is 31.1 Å². The first-order chi connectivity index (χ1) is 10.9. The van der Waals surface area contributed by atoms with Crippen molar-refractivity contribution in [3.8, 4) is 0 Å². The minimum atomic E-state index is -1.00. The summed E-state index contributed by atoms with van der Waals surface area (Å²) in [5.74, 6) is -1.24. The third-order valence-electron chi connectivity index (χ3n) is 4.78. The number of ketones is 1.